The first-order valence-electron chi connectivity index (χ1n) is 23.4. The first-order valence-corrected chi connectivity index (χ1v) is 23.4. The number of hydrogen-bond donors (Lipinski definition) is 0. The maximum Gasteiger partial charge on any atom is 0.164 e. The third-order valence-electron chi connectivity index (χ3n) is 14.6. The van der Waals surface area contributed by atoms with E-state index in [2.05, 4.69) is 176 Å². The average molecular weight is 880 g/mol. The van der Waals surface area contributed by atoms with Gasteiger partial charge in [-0.05, 0) is 103 Å². The molecule has 15 rings (SSSR count). The van der Waals surface area contributed by atoms with Gasteiger partial charge < -0.3 is 8.83 Å². The van der Waals surface area contributed by atoms with Gasteiger partial charge in [-0.2, -0.15) is 0 Å². The Balaban J connectivity index is 0.953. The third kappa shape index (κ3) is 5.38. The lowest BCUT2D eigenvalue weighted by atomic mass is 9.70. The number of para-hydroxylation sites is 1. The van der Waals surface area contributed by atoms with Crippen LogP contribution in [-0.4, -0.2) is 15.0 Å². The normalized spacial score (nSPS) is 13.0. The van der Waals surface area contributed by atoms with Crippen LogP contribution in [0.25, 0.3) is 123 Å². The van der Waals surface area contributed by atoms with Gasteiger partial charge in [0.05, 0.1) is 5.41 Å². The summed E-state index contributed by atoms with van der Waals surface area (Å²) in [5.74, 6) is 1.69. The highest BCUT2D eigenvalue weighted by atomic mass is 16.3. The highest BCUT2D eigenvalue weighted by Gasteiger charge is 2.52. The summed E-state index contributed by atoms with van der Waals surface area (Å²) in [5.41, 5.74) is 20.2. The van der Waals surface area contributed by atoms with Crippen molar-refractivity contribution < 1.29 is 8.83 Å². The first-order chi connectivity index (χ1) is 34.2. The second-order valence-electron chi connectivity index (χ2n) is 18.1. The summed E-state index contributed by atoms with van der Waals surface area (Å²) in [6.07, 6.45) is 0. The number of nitrogens with zero attached hydrogens (tertiary/aromatic N) is 3. The summed E-state index contributed by atoms with van der Waals surface area (Å²) in [6, 6.07) is 79.7. The van der Waals surface area contributed by atoms with Gasteiger partial charge in [-0.1, -0.05) is 188 Å². The summed E-state index contributed by atoms with van der Waals surface area (Å²) in [5, 5.41) is 3.92. The summed E-state index contributed by atoms with van der Waals surface area (Å²) in [7, 11) is 0. The van der Waals surface area contributed by atoms with Crippen molar-refractivity contribution >= 4 is 43.9 Å². The highest BCUT2D eigenvalue weighted by Crippen LogP contribution is 2.64. The van der Waals surface area contributed by atoms with Crippen LogP contribution in [0.5, 0.6) is 0 Å². The average Bonchev–Trinajstić information content (AvgIpc) is 4.16. The van der Waals surface area contributed by atoms with Crippen LogP contribution in [-0.2, 0) is 5.41 Å². The van der Waals surface area contributed by atoms with Crippen LogP contribution >= 0.6 is 0 Å². The minimum Gasteiger partial charge on any atom is -0.456 e. The van der Waals surface area contributed by atoms with Crippen molar-refractivity contribution in [1.29, 1.82) is 0 Å². The zero-order valence-electron chi connectivity index (χ0n) is 37.0. The van der Waals surface area contributed by atoms with Gasteiger partial charge in [0.25, 0.3) is 0 Å². The van der Waals surface area contributed by atoms with Crippen molar-refractivity contribution in [1.82, 2.24) is 15.0 Å². The van der Waals surface area contributed by atoms with E-state index >= 15 is 0 Å². The highest BCUT2D eigenvalue weighted by molar-refractivity contribution is 6.14. The number of rotatable bonds is 5. The Morgan fingerprint density at radius 1 is 0.275 bits per heavy atom. The van der Waals surface area contributed by atoms with Crippen LogP contribution in [0.4, 0.5) is 0 Å². The molecule has 0 radical (unpaired) electrons. The molecule has 2 aliphatic carbocycles. The summed E-state index contributed by atoms with van der Waals surface area (Å²) in [4.78, 5) is 16.0. The number of fused-ring (bicyclic) bond motifs is 16. The molecule has 1 spiro atoms. The Bertz CT molecular complexity index is 4230. The van der Waals surface area contributed by atoms with Gasteiger partial charge in [-0.3, -0.25) is 0 Å². The van der Waals surface area contributed by atoms with Gasteiger partial charge in [-0.15, -0.1) is 0 Å². The largest absolute Gasteiger partial charge is 0.456 e. The van der Waals surface area contributed by atoms with Crippen LogP contribution in [0.2, 0.25) is 0 Å². The van der Waals surface area contributed by atoms with Crippen molar-refractivity contribution in [2.45, 2.75) is 5.41 Å². The van der Waals surface area contributed by atoms with Crippen LogP contribution < -0.4 is 0 Å². The zero-order chi connectivity index (χ0) is 45.2. The molecular formula is C64H37N3O2. The van der Waals surface area contributed by atoms with Gasteiger partial charge in [0.1, 0.15) is 22.3 Å². The molecule has 0 N–H and O–H groups in total. The minimum atomic E-state index is -0.434. The maximum absolute atomic E-state index is 6.71. The molecule has 0 unspecified atom stereocenters. The molecule has 69 heavy (non-hydrogen) atoms. The quantitative estimate of drug-likeness (QED) is 0.172. The van der Waals surface area contributed by atoms with Gasteiger partial charge in [0.2, 0.25) is 0 Å². The van der Waals surface area contributed by atoms with E-state index in [1.807, 2.05) is 48.5 Å². The fourth-order valence-corrected chi connectivity index (χ4v) is 11.7. The molecule has 0 saturated heterocycles. The Labute approximate surface area is 396 Å². The van der Waals surface area contributed by atoms with E-state index in [-0.39, 0.29) is 0 Å². The number of furan rings is 2. The zero-order valence-corrected chi connectivity index (χ0v) is 37.0. The number of aromatic nitrogens is 3. The van der Waals surface area contributed by atoms with E-state index in [1.165, 1.54) is 50.1 Å². The van der Waals surface area contributed by atoms with E-state index in [1.54, 1.807) is 0 Å². The van der Waals surface area contributed by atoms with Crippen LogP contribution in [0.15, 0.2) is 233 Å². The van der Waals surface area contributed by atoms with E-state index in [0.717, 1.165) is 77.3 Å². The SMILES string of the molecule is c1ccc(-c2cccc(-c3nc(-c4cccc5oc6ccccc6c45)nc(-c4cccc5oc6ccc(-c7cccc8c7-c7ccccc7C87c8ccccc8-c8ccccc87)cc6c45)n3)c2)cc1. The van der Waals surface area contributed by atoms with Crippen LogP contribution in [0, 0.1) is 0 Å². The fourth-order valence-electron chi connectivity index (χ4n) is 11.7. The topological polar surface area (TPSA) is 65.0 Å². The molecule has 2 aliphatic rings. The van der Waals surface area contributed by atoms with Gasteiger partial charge >= 0.3 is 0 Å². The molecule has 0 saturated carbocycles. The Morgan fingerprint density at radius 3 is 1.48 bits per heavy atom. The number of hydrogen-bond acceptors (Lipinski definition) is 5. The predicted molar refractivity (Wildman–Crippen MR) is 278 cm³/mol. The fraction of sp³-hybridized carbons (Fsp3) is 0.0156. The lowest BCUT2D eigenvalue weighted by Gasteiger charge is -2.30. The Hall–Kier alpha value is -9.19. The van der Waals surface area contributed by atoms with Gasteiger partial charge in [0.15, 0.2) is 17.5 Å². The van der Waals surface area contributed by atoms with Crippen LogP contribution in [0.3, 0.4) is 0 Å². The standard InChI is InChI=1S/C64H37N3O2/c1-2-16-38(17-3-1)39-18-12-19-41(36-39)61-65-62(47-25-14-32-56-59(47)46-23-7-11-31-54(46)68-56)67-63(66-61)48-26-15-33-57-60(48)49-37-40(34-35-55(49)69-57)42-24-13-30-53-58(42)45-22-6-10-29-52(45)64(53)50-27-8-4-20-43(50)44-21-5-9-28-51(44)64/h1-37H. The molecule has 5 heteroatoms. The van der Waals surface area contributed by atoms with Gasteiger partial charge in [0, 0.05) is 38.2 Å². The van der Waals surface area contributed by atoms with Crippen molar-refractivity contribution in [3.8, 4) is 78.7 Å². The smallest absolute Gasteiger partial charge is 0.164 e. The van der Waals surface area contributed by atoms with Crippen molar-refractivity contribution in [3.63, 3.8) is 0 Å². The monoisotopic (exact) mass is 879 g/mol. The lowest BCUT2D eigenvalue weighted by molar-refractivity contribution is 0.668. The Morgan fingerprint density at radius 2 is 0.754 bits per heavy atom. The molecule has 0 atom stereocenters. The molecule has 0 amide bonds. The van der Waals surface area contributed by atoms with E-state index in [9.17, 15) is 0 Å². The molecule has 3 aromatic heterocycles. The van der Waals surface area contributed by atoms with Crippen molar-refractivity contribution in [2.24, 2.45) is 0 Å². The molecule has 5 nitrogen and oxygen atoms in total. The summed E-state index contributed by atoms with van der Waals surface area (Å²) < 4.78 is 13.1. The molecule has 3 heterocycles. The summed E-state index contributed by atoms with van der Waals surface area (Å²) in [6.45, 7) is 0. The predicted octanol–water partition coefficient (Wildman–Crippen LogP) is 16.3. The van der Waals surface area contributed by atoms with E-state index in [0.29, 0.717) is 17.5 Å². The molecular weight excluding hydrogens is 843 g/mol. The summed E-state index contributed by atoms with van der Waals surface area (Å²) >= 11 is 0. The second-order valence-corrected chi connectivity index (χ2v) is 18.1. The Kier molecular flexibility index (Phi) is 7.93. The molecule has 13 aromatic rings. The van der Waals surface area contributed by atoms with Crippen molar-refractivity contribution in [2.75, 3.05) is 0 Å². The van der Waals surface area contributed by atoms with E-state index < -0.39 is 5.41 Å². The molecule has 0 aliphatic heterocycles. The minimum absolute atomic E-state index is 0.434. The van der Waals surface area contributed by atoms with Crippen molar-refractivity contribution in [3.05, 3.63) is 247 Å². The number of benzene rings is 10. The molecule has 10 aromatic carbocycles. The lowest BCUT2D eigenvalue weighted by Crippen LogP contribution is -2.25. The van der Waals surface area contributed by atoms with Crippen LogP contribution in [0.1, 0.15) is 22.3 Å². The van der Waals surface area contributed by atoms with Gasteiger partial charge in [-0.25, -0.2) is 15.0 Å². The first kappa shape index (κ1) is 38.0. The molecule has 320 valence electrons. The maximum atomic E-state index is 6.71. The third-order valence-corrected chi connectivity index (χ3v) is 14.6. The second kappa shape index (κ2) is 14.4. The molecule has 0 fully saturated rings. The molecule has 0 bridgehead atoms. The van der Waals surface area contributed by atoms with E-state index in [4.69, 9.17) is 23.8 Å².